The van der Waals surface area contributed by atoms with Crippen LogP contribution in [0.4, 0.5) is 11.6 Å². The van der Waals surface area contributed by atoms with E-state index in [9.17, 15) is 4.79 Å². The van der Waals surface area contributed by atoms with Crippen LogP contribution in [0.2, 0.25) is 0 Å². The predicted molar refractivity (Wildman–Crippen MR) is 114 cm³/mol. The lowest BCUT2D eigenvalue weighted by atomic mass is 10.1. The number of benzene rings is 2. The highest BCUT2D eigenvalue weighted by Crippen LogP contribution is 2.26. The van der Waals surface area contributed by atoms with E-state index in [1.165, 1.54) is 0 Å². The van der Waals surface area contributed by atoms with Gasteiger partial charge in [0.05, 0.1) is 17.9 Å². The SMILES string of the molecule is CCOc1ccccc1Nc1ncc(C(=O)N(Cc2ccccc2)C(C)C)cn1. The summed E-state index contributed by atoms with van der Waals surface area (Å²) >= 11 is 0. The van der Waals surface area contributed by atoms with Gasteiger partial charge in [-0.3, -0.25) is 4.79 Å². The number of nitrogens with zero attached hydrogens (tertiary/aromatic N) is 3. The molecule has 0 aliphatic carbocycles. The average molecular weight is 390 g/mol. The number of nitrogens with one attached hydrogen (secondary N) is 1. The van der Waals surface area contributed by atoms with Crippen LogP contribution in [0.3, 0.4) is 0 Å². The van der Waals surface area contributed by atoms with Gasteiger partial charge in [-0.25, -0.2) is 9.97 Å². The maximum atomic E-state index is 13.0. The molecule has 1 heterocycles. The highest BCUT2D eigenvalue weighted by Gasteiger charge is 2.20. The van der Waals surface area contributed by atoms with Gasteiger partial charge in [0.15, 0.2) is 0 Å². The van der Waals surface area contributed by atoms with E-state index >= 15 is 0 Å². The molecule has 3 aromatic rings. The van der Waals surface area contributed by atoms with Crippen molar-refractivity contribution in [1.82, 2.24) is 14.9 Å². The Kier molecular flexibility index (Phi) is 6.79. The van der Waals surface area contributed by atoms with Gasteiger partial charge in [0.1, 0.15) is 5.75 Å². The Hall–Kier alpha value is -3.41. The van der Waals surface area contributed by atoms with Crippen molar-refractivity contribution >= 4 is 17.5 Å². The van der Waals surface area contributed by atoms with Crippen LogP contribution in [-0.4, -0.2) is 33.4 Å². The van der Waals surface area contributed by atoms with E-state index in [0.717, 1.165) is 17.0 Å². The number of anilines is 2. The van der Waals surface area contributed by atoms with Gasteiger partial charge in [-0.2, -0.15) is 0 Å². The molecule has 29 heavy (non-hydrogen) atoms. The van der Waals surface area contributed by atoms with Gasteiger partial charge in [-0.1, -0.05) is 42.5 Å². The molecule has 1 aromatic heterocycles. The van der Waals surface area contributed by atoms with Crippen LogP contribution in [0, 0.1) is 0 Å². The Balaban J connectivity index is 1.74. The highest BCUT2D eigenvalue weighted by molar-refractivity contribution is 5.94. The van der Waals surface area contributed by atoms with Gasteiger partial charge in [-0.05, 0) is 38.5 Å². The number of para-hydroxylation sites is 2. The first-order valence-electron chi connectivity index (χ1n) is 9.74. The molecular formula is C23H26N4O2. The maximum Gasteiger partial charge on any atom is 0.257 e. The Morgan fingerprint density at radius 3 is 2.34 bits per heavy atom. The molecule has 0 aliphatic heterocycles. The molecule has 0 atom stereocenters. The quantitative estimate of drug-likeness (QED) is 0.605. The highest BCUT2D eigenvalue weighted by atomic mass is 16.5. The van der Waals surface area contributed by atoms with E-state index in [-0.39, 0.29) is 11.9 Å². The second kappa shape index (κ2) is 9.68. The van der Waals surface area contributed by atoms with E-state index in [1.807, 2.05) is 80.3 Å². The number of carbonyl (C=O) groups excluding carboxylic acids is 1. The summed E-state index contributed by atoms with van der Waals surface area (Å²) in [4.78, 5) is 23.5. The third-order valence-corrected chi connectivity index (χ3v) is 4.41. The number of hydrogen-bond acceptors (Lipinski definition) is 5. The monoisotopic (exact) mass is 390 g/mol. The summed E-state index contributed by atoms with van der Waals surface area (Å²) in [5.41, 5.74) is 2.32. The minimum atomic E-state index is -0.0925. The number of rotatable bonds is 8. The summed E-state index contributed by atoms with van der Waals surface area (Å²) in [6.45, 7) is 7.05. The molecule has 6 nitrogen and oxygen atoms in total. The van der Waals surface area contributed by atoms with Crippen molar-refractivity contribution in [2.45, 2.75) is 33.4 Å². The molecule has 3 rings (SSSR count). The average Bonchev–Trinajstić information content (AvgIpc) is 2.74. The number of ether oxygens (including phenoxy) is 1. The van der Waals surface area contributed by atoms with E-state index < -0.39 is 0 Å². The summed E-state index contributed by atoms with van der Waals surface area (Å²) in [6.07, 6.45) is 3.11. The van der Waals surface area contributed by atoms with Crippen LogP contribution in [-0.2, 0) is 6.54 Å². The third-order valence-electron chi connectivity index (χ3n) is 4.41. The molecule has 0 saturated heterocycles. The fourth-order valence-electron chi connectivity index (χ4n) is 2.91. The summed E-state index contributed by atoms with van der Waals surface area (Å²) in [5, 5.41) is 3.14. The van der Waals surface area contributed by atoms with Crippen LogP contribution >= 0.6 is 0 Å². The lowest BCUT2D eigenvalue weighted by Gasteiger charge is -2.26. The number of carbonyl (C=O) groups is 1. The van der Waals surface area contributed by atoms with Crippen LogP contribution in [0.25, 0.3) is 0 Å². The van der Waals surface area contributed by atoms with Gasteiger partial charge < -0.3 is 15.0 Å². The topological polar surface area (TPSA) is 67.3 Å². The van der Waals surface area contributed by atoms with E-state index in [2.05, 4.69) is 15.3 Å². The predicted octanol–water partition coefficient (Wildman–Crippen LogP) is 4.67. The Morgan fingerprint density at radius 2 is 1.69 bits per heavy atom. The van der Waals surface area contributed by atoms with Crippen molar-refractivity contribution in [1.29, 1.82) is 0 Å². The van der Waals surface area contributed by atoms with Crippen LogP contribution in [0.1, 0.15) is 36.7 Å². The van der Waals surface area contributed by atoms with Gasteiger partial charge in [0.2, 0.25) is 5.95 Å². The number of amides is 1. The first-order valence-corrected chi connectivity index (χ1v) is 9.74. The van der Waals surface area contributed by atoms with Crippen molar-refractivity contribution in [2.24, 2.45) is 0 Å². The van der Waals surface area contributed by atoms with Gasteiger partial charge in [0.25, 0.3) is 5.91 Å². The molecule has 150 valence electrons. The normalized spacial score (nSPS) is 10.6. The zero-order valence-corrected chi connectivity index (χ0v) is 17.0. The minimum Gasteiger partial charge on any atom is -0.492 e. The van der Waals surface area contributed by atoms with Gasteiger partial charge in [-0.15, -0.1) is 0 Å². The second-order valence-electron chi connectivity index (χ2n) is 6.86. The molecule has 0 bridgehead atoms. The molecule has 0 fully saturated rings. The molecule has 0 radical (unpaired) electrons. The Morgan fingerprint density at radius 1 is 1.03 bits per heavy atom. The summed E-state index contributed by atoms with van der Waals surface area (Å²) < 4.78 is 5.61. The zero-order valence-electron chi connectivity index (χ0n) is 17.0. The smallest absolute Gasteiger partial charge is 0.257 e. The first-order chi connectivity index (χ1) is 14.1. The van der Waals surface area contributed by atoms with Crippen LogP contribution in [0.5, 0.6) is 5.75 Å². The summed E-state index contributed by atoms with van der Waals surface area (Å²) in [5.74, 6) is 1.05. The second-order valence-corrected chi connectivity index (χ2v) is 6.86. The van der Waals surface area contributed by atoms with Crippen LogP contribution in [0.15, 0.2) is 67.0 Å². The van der Waals surface area contributed by atoms with Gasteiger partial charge >= 0.3 is 0 Å². The first kappa shape index (κ1) is 20.3. The summed E-state index contributed by atoms with van der Waals surface area (Å²) in [7, 11) is 0. The third kappa shape index (κ3) is 5.31. The maximum absolute atomic E-state index is 13.0. The van der Waals surface area contributed by atoms with E-state index in [4.69, 9.17) is 4.74 Å². The van der Waals surface area contributed by atoms with E-state index in [0.29, 0.717) is 24.7 Å². The molecular weight excluding hydrogens is 364 g/mol. The molecule has 0 aliphatic rings. The molecule has 0 saturated carbocycles. The fraction of sp³-hybridized carbons (Fsp3) is 0.261. The molecule has 1 N–H and O–H groups in total. The summed E-state index contributed by atoms with van der Waals surface area (Å²) in [6, 6.07) is 17.6. The molecule has 0 unspecified atom stereocenters. The molecule has 6 heteroatoms. The Bertz CT molecular complexity index is 927. The lowest BCUT2D eigenvalue weighted by Crippen LogP contribution is -2.36. The van der Waals surface area contributed by atoms with Gasteiger partial charge in [0, 0.05) is 25.0 Å². The lowest BCUT2D eigenvalue weighted by molar-refractivity contribution is 0.0689. The minimum absolute atomic E-state index is 0.0542. The molecule has 2 aromatic carbocycles. The molecule has 1 amide bonds. The largest absolute Gasteiger partial charge is 0.492 e. The standard InChI is InChI=1S/C23H26N4O2/c1-4-29-21-13-9-8-12-20(21)26-23-24-14-19(15-25-23)22(28)27(17(2)3)16-18-10-6-5-7-11-18/h5-15,17H,4,16H2,1-3H3,(H,24,25,26). The fourth-order valence-corrected chi connectivity index (χ4v) is 2.91. The van der Waals surface area contributed by atoms with Crippen molar-refractivity contribution in [3.8, 4) is 5.75 Å². The van der Waals surface area contributed by atoms with Crippen molar-refractivity contribution < 1.29 is 9.53 Å². The number of aromatic nitrogens is 2. The Labute approximate surface area is 171 Å². The molecule has 0 spiro atoms. The van der Waals surface area contributed by atoms with Crippen LogP contribution < -0.4 is 10.1 Å². The zero-order chi connectivity index (χ0) is 20.6. The van der Waals surface area contributed by atoms with Crippen molar-refractivity contribution in [2.75, 3.05) is 11.9 Å². The number of hydrogen-bond donors (Lipinski definition) is 1. The van der Waals surface area contributed by atoms with Crippen molar-refractivity contribution in [3.05, 3.63) is 78.1 Å². The van der Waals surface area contributed by atoms with Crippen molar-refractivity contribution in [3.63, 3.8) is 0 Å². The van der Waals surface area contributed by atoms with E-state index in [1.54, 1.807) is 12.4 Å².